The van der Waals surface area contributed by atoms with Crippen molar-refractivity contribution in [3.05, 3.63) is 70.3 Å². The van der Waals surface area contributed by atoms with Gasteiger partial charge in [-0.1, -0.05) is 6.07 Å². The van der Waals surface area contributed by atoms with Crippen molar-refractivity contribution in [2.75, 3.05) is 6.54 Å². The Morgan fingerprint density at radius 1 is 1.24 bits per heavy atom. The van der Waals surface area contributed by atoms with E-state index in [-0.39, 0.29) is 12.5 Å². The summed E-state index contributed by atoms with van der Waals surface area (Å²) < 4.78 is 13.4. The van der Waals surface area contributed by atoms with E-state index in [1.54, 1.807) is 24.3 Å². The van der Waals surface area contributed by atoms with Crippen molar-refractivity contribution in [2.24, 2.45) is 0 Å². The largest absolute Gasteiger partial charge is 0.472 e. The highest BCUT2D eigenvalue weighted by molar-refractivity contribution is 7.10. The van der Waals surface area contributed by atoms with E-state index < -0.39 is 5.60 Å². The van der Waals surface area contributed by atoms with Crippen LogP contribution < -0.4 is 5.32 Å². The van der Waals surface area contributed by atoms with Gasteiger partial charge in [0.15, 0.2) is 0 Å². The lowest BCUT2D eigenvalue weighted by Crippen LogP contribution is -2.41. The van der Waals surface area contributed by atoms with Crippen molar-refractivity contribution in [3.8, 4) is 0 Å². The molecule has 3 aromatic heterocycles. The fourth-order valence-corrected chi connectivity index (χ4v) is 3.94. The van der Waals surface area contributed by atoms with Gasteiger partial charge < -0.3 is 14.8 Å². The maximum absolute atomic E-state index is 12.5. The number of rotatable bonds is 5. The molecule has 25 heavy (non-hydrogen) atoms. The minimum Gasteiger partial charge on any atom is -0.472 e. The minimum absolute atomic E-state index is 0.0270. The number of thiophene rings is 1. The molecule has 8 heteroatoms. The fraction of sp³-hybridized carbons (Fsp3) is 0.118. The molecule has 0 radical (unpaired) electrons. The number of benzene rings is 1. The Labute approximate surface area is 151 Å². The molecule has 0 bridgehead atoms. The maximum Gasteiger partial charge on any atom is 0.251 e. The van der Waals surface area contributed by atoms with Crippen LogP contribution in [0.5, 0.6) is 0 Å². The zero-order valence-electron chi connectivity index (χ0n) is 12.9. The Morgan fingerprint density at radius 2 is 2.12 bits per heavy atom. The van der Waals surface area contributed by atoms with E-state index in [1.165, 1.54) is 23.9 Å². The molecule has 0 aliphatic heterocycles. The normalized spacial score (nSPS) is 13.6. The molecular formula is C17H13N3O3S2. The number of hydrogen-bond donors (Lipinski definition) is 2. The van der Waals surface area contributed by atoms with Crippen LogP contribution >= 0.6 is 23.1 Å². The summed E-state index contributed by atoms with van der Waals surface area (Å²) in [6.45, 7) is 0.0270. The number of nitrogens with zero attached hydrogens (tertiary/aromatic N) is 2. The van der Waals surface area contributed by atoms with Crippen molar-refractivity contribution in [3.63, 3.8) is 0 Å². The number of carbonyl (C=O) groups is 1. The molecule has 3 heterocycles. The van der Waals surface area contributed by atoms with E-state index in [0.29, 0.717) is 16.6 Å². The molecule has 0 fully saturated rings. The van der Waals surface area contributed by atoms with Gasteiger partial charge in [0.1, 0.15) is 16.6 Å². The average Bonchev–Trinajstić information content (AvgIpc) is 3.40. The maximum atomic E-state index is 12.5. The summed E-state index contributed by atoms with van der Waals surface area (Å²) in [5.41, 5.74) is 1.16. The first-order chi connectivity index (χ1) is 12.2. The van der Waals surface area contributed by atoms with Gasteiger partial charge in [-0.2, -0.15) is 8.75 Å². The lowest BCUT2D eigenvalue weighted by atomic mass is 9.94. The third-order valence-electron chi connectivity index (χ3n) is 3.95. The van der Waals surface area contributed by atoms with Crippen molar-refractivity contribution in [2.45, 2.75) is 5.60 Å². The molecule has 126 valence electrons. The van der Waals surface area contributed by atoms with Crippen LogP contribution in [0.15, 0.2) is 58.7 Å². The van der Waals surface area contributed by atoms with Crippen LogP contribution in [0.25, 0.3) is 11.0 Å². The van der Waals surface area contributed by atoms with Gasteiger partial charge in [0.2, 0.25) is 0 Å². The van der Waals surface area contributed by atoms with Gasteiger partial charge in [0.25, 0.3) is 5.91 Å². The first-order valence-electron chi connectivity index (χ1n) is 7.46. The highest BCUT2D eigenvalue weighted by Crippen LogP contribution is 2.32. The Bertz CT molecular complexity index is 959. The number of amides is 1. The molecule has 6 nitrogen and oxygen atoms in total. The number of aliphatic hydroxyl groups is 1. The highest BCUT2D eigenvalue weighted by Gasteiger charge is 2.34. The van der Waals surface area contributed by atoms with Crippen LogP contribution in [0, 0.1) is 0 Å². The van der Waals surface area contributed by atoms with E-state index >= 15 is 0 Å². The summed E-state index contributed by atoms with van der Waals surface area (Å²) in [6.07, 6.45) is 2.98. The van der Waals surface area contributed by atoms with Crippen molar-refractivity contribution in [1.82, 2.24) is 14.1 Å². The molecule has 1 atom stereocenters. The molecule has 2 N–H and O–H groups in total. The predicted octanol–water partition coefficient (Wildman–Crippen LogP) is 3.01. The third kappa shape index (κ3) is 2.95. The van der Waals surface area contributed by atoms with Crippen LogP contribution in [-0.2, 0) is 5.60 Å². The molecule has 0 aliphatic rings. The van der Waals surface area contributed by atoms with Gasteiger partial charge >= 0.3 is 0 Å². The fourth-order valence-electron chi connectivity index (χ4n) is 2.58. The van der Waals surface area contributed by atoms with E-state index in [1.807, 2.05) is 17.5 Å². The molecule has 0 saturated carbocycles. The second kappa shape index (κ2) is 6.40. The molecule has 0 saturated heterocycles. The number of carbonyl (C=O) groups excluding carboxylic acids is 1. The van der Waals surface area contributed by atoms with Crippen LogP contribution in [0.3, 0.4) is 0 Å². The molecule has 1 amide bonds. The Kier molecular flexibility index (Phi) is 4.08. The molecule has 1 aromatic carbocycles. The summed E-state index contributed by atoms with van der Waals surface area (Å²) in [5.74, 6) is -0.284. The lowest BCUT2D eigenvalue weighted by Gasteiger charge is -2.26. The van der Waals surface area contributed by atoms with Gasteiger partial charge in [-0.25, -0.2) is 0 Å². The molecule has 0 aliphatic carbocycles. The number of nitrogens with one attached hydrogen (secondary N) is 1. The summed E-state index contributed by atoms with van der Waals surface area (Å²) in [6, 6.07) is 10.5. The summed E-state index contributed by atoms with van der Waals surface area (Å²) >= 11 is 2.53. The topological polar surface area (TPSA) is 88.2 Å². The van der Waals surface area contributed by atoms with Gasteiger partial charge in [-0.15, -0.1) is 11.3 Å². The Morgan fingerprint density at radius 3 is 2.88 bits per heavy atom. The van der Waals surface area contributed by atoms with Gasteiger partial charge in [0, 0.05) is 16.0 Å². The molecule has 0 spiro atoms. The standard InChI is InChI=1S/C17H13N3O3S2/c21-16(11-3-4-13-14(8-11)20-25-19-13)18-10-17(22,12-5-6-23-9-12)15-2-1-7-24-15/h1-9,22H,10H2,(H,18,21). The first kappa shape index (κ1) is 15.9. The predicted molar refractivity (Wildman–Crippen MR) is 95.8 cm³/mol. The monoisotopic (exact) mass is 371 g/mol. The molecule has 1 unspecified atom stereocenters. The van der Waals surface area contributed by atoms with Gasteiger partial charge in [-0.05, 0) is 35.7 Å². The summed E-state index contributed by atoms with van der Waals surface area (Å²) in [4.78, 5) is 13.2. The second-order valence-electron chi connectivity index (χ2n) is 5.50. The van der Waals surface area contributed by atoms with E-state index in [9.17, 15) is 9.90 Å². The van der Waals surface area contributed by atoms with Crippen molar-refractivity contribution >= 4 is 40.0 Å². The van der Waals surface area contributed by atoms with E-state index in [4.69, 9.17) is 4.42 Å². The zero-order chi connectivity index (χ0) is 17.3. The van der Waals surface area contributed by atoms with Crippen LogP contribution in [0.1, 0.15) is 20.8 Å². The molecule has 4 aromatic rings. The van der Waals surface area contributed by atoms with Gasteiger partial charge in [0.05, 0.1) is 30.8 Å². The van der Waals surface area contributed by atoms with Crippen LogP contribution in [0.4, 0.5) is 0 Å². The average molecular weight is 371 g/mol. The number of fused-ring (bicyclic) bond motifs is 1. The number of furan rings is 1. The zero-order valence-corrected chi connectivity index (χ0v) is 14.5. The minimum atomic E-state index is -1.34. The van der Waals surface area contributed by atoms with Crippen LogP contribution in [-0.4, -0.2) is 26.3 Å². The number of aromatic nitrogens is 2. The summed E-state index contributed by atoms with van der Waals surface area (Å²) in [5, 5.41) is 15.9. The van der Waals surface area contributed by atoms with Crippen molar-refractivity contribution < 1.29 is 14.3 Å². The van der Waals surface area contributed by atoms with Crippen LogP contribution in [0.2, 0.25) is 0 Å². The third-order valence-corrected chi connectivity index (χ3v) is 5.53. The molecular weight excluding hydrogens is 358 g/mol. The molecule has 4 rings (SSSR count). The van der Waals surface area contributed by atoms with E-state index in [2.05, 4.69) is 14.1 Å². The first-order valence-corrected chi connectivity index (χ1v) is 9.07. The quantitative estimate of drug-likeness (QED) is 0.563. The number of hydrogen-bond acceptors (Lipinski definition) is 7. The van der Waals surface area contributed by atoms with Crippen molar-refractivity contribution in [1.29, 1.82) is 0 Å². The SMILES string of the molecule is O=C(NCC(O)(c1ccoc1)c1cccs1)c1ccc2nsnc2c1. The lowest BCUT2D eigenvalue weighted by molar-refractivity contribution is 0.0714. The summed E-state index contributed by atoms with van der Waals surface area (Å²) in [7, 11) is 0. The van der Waals surface area contributed by atoms with Gasteiger partial charge in [-0.3, -0.25) is 4.79 Å². The highest BCUT2D eigenvalue weighted by atomic mass is 32.1. The van der Waals surface area contributed by atoms with E-state index in [0.717, 1.165) is 22.1 Å². The smallest absolute Gasteiger partial charge is 0.251 e. The second-order valence-corrected chi connectivity index (χ2v) is 6.98. The Hall–Kier alpha value is -2.55. The Balaban J connectivity index is 1.58.